The van der Waals surface area contributed by atoms with Crippen molar-refractivity contribution in [1.82, 2.24) is 0 Å². The van der Waals surface area contributed by atoms with Gasteiger partial charge in [-0.3, -0.25) is 4.72 Å². The predicted molar refractivity (Wildman–Crippen MR) is 84.1 cm³/mol. The number of hydrogen-bond donors (Lipinski definition) is 2. The van der Waals surface area contributed by atoms with Gasteiger partial charge in [0.25, 0.3) is 10.0 Å². The van der Waals surface area contributed by atoms with Crippen molar-refractivity contribution in [3.8, 4) is 5.75 Å². The van der Waals surface area contributed by atoms with Gasteiger partial charge in [0.15, 0.2) is 0 Å². The van der Waals surface area contributed by atoms with Crippen molar-refractivity contribution in [3.63, 3.8) is 0 Å². The first-order valence-electron chi connectivity index (χ1n) is 6.84. The van der Waals surface area contributed by atoms with Gasteiger partial charge in [0, 0.05) is 0 Å². The van der Waals surface area contributed by atoms with E-state index in [9.17, 15) is 13.5 Å². The summed E-state index contributed by atoms with van der Waals surface area (Å²) in [7, 11) is -3.69. The zero-order valence-electron chi connectivity index (χ0n) is 12.1. The Morgan fingerprint density at radius 2 is 1.76 bits per heavy atom. The van der Waals surface area contributed by atoms with Crippen LogP contribution >= 0.6 is 0 Å². The molecule has 0 aliphatic carbocycles. The molecule has 0 heterocycles. The van der Waals surface area contributed by atoms with Crippen molar-refractivity contribution in [2.45, 2.75) is 31.6 Å². The summed E-state index contributed by atoms with van der Waals surface area (Å²) in [6, 6.07) is 11.6. The number of rotatable bonds is 5. The van der Waals surface area contributed by atoms with E-state index >= 15 is 0 Å². The maximum Gasteiger partial charge on any atom is 0.262 e. The summed E-state index contributed by atoms with van der Waals surface area (Å²) in [6.45, 7) is 3.91. The Labute approximate surface area is 125 Å². The van der Waals surface area contributed by atoms with Gasteiger partial charge in [0.05, 0.1) is 10.6 Å². The highest BCUT2D eigenvalue weighted by Crippen LogP contribution is 2.26. The van der Waals surface area contributed by atoms with Crippen LogP contribution in [0.2, 0.25) is 0 Å². The van der Waals surface area contributed by atoms with Gasteiger partial charge in [0.2, 0.25) is 0 Å². The molecule has 0 radical (unpaired) electrons. The van der Waals surface area contributed by atoms with E-state index in [4.69, 9.17) is 0 Å². The first kappa shape index (κ1) is 15.4. The zero-order valence-corrected chi connectivity index (χ0v) is 12.9. The molecule has 4 nitrogen and oxygen atoms in total. The molecule has 0 aliphatic heterocycles. The molecule has 0 bridgehead atoms. The second-order valence-corrected chi connectivity index (χ2v) is 6.70. The summed E-state index contributed by atoms with van der Waals surface area (Å²) in [4.78, 5) is 0.184. The van der Waals surface area contributed by atoms with Crippen molar-refractivity contribution in [2.75, 3.05) is 4.72 Å². The molecule has 2 N–H and O–H groups in total. The molecule has 0 saturated heterocycles. The monoisotopic (exact) mass is 305 g/mol. The lowest BCUT2D eigenvalue weighted by molar-refractivity contribution is 0.477. The lowest BCUT2D eigenvalue weighted by atomic mass is 10.1. The van der Waals surface area contributed by atoms with Crippen molar-refractivity contribution in [2.24, 2.45) is 0 Å². The summed E-state index contributed by atoms with van der Waals surface area (Å²) >= 11 is 0. The minimum absolute atomic E-state index is 0.0909. The van der Waals surface area contributed by atoms with Gasteiger partial charge in [-0.05, 0) is 48.7 Å². The molecule has 0 aromatic heterocycles. The molecule has 2 aromatic carbocycles. The summed E-state index contributed by atoms with van der Waals surface area (Å²) in [5, 5.41) is 9.73. The van der Waals surface area contributed by atoms with Crippen molar-refractivity contribution >= 4 is 15.7 Å². The van der Waals surface area contributed by atoms with Crippen LogP contribution in [-0.2, 0) is 16.4 Å². The number of sulfonamides is 1. The Morgan fingerprint density at radius 3 is 2.38 bits per heavy atom. The number of aryl methyl sites for hydroxylation is 2. The Hall–Kier alpha value is -2.01. The minimum atomic E-state index is -3.69. The van der Waals surface area contributed by atoms with Crippen LogP contribution in [0.1, 0.15) is 24.5 Å². The van der Waals surface area contributed by atoms with Crippen LogP contribution in [0.5, 0.6) is 5.75 Å². The Kier molecular flexibility index (Phi) is 4.53. The van der Waals surface area contributed by atoms with Crippen LogP contribution in [0.25, 0.3) is 0 Å². The average molecular weight is 305 g/mol. The van der Waals surface area contributed by atoms with E-state index in [1.165, 1.54) is 6.07 Å². The number of hydrogen-bond acceptors (Lipinski definition) is 3. The third kappa shape index (κ3) is 3.76. The van der Waals surface area contributed by atoms with Crippen LogP contribution in [0.3, 0.4) is 0 Å². The molecule has 112 valence electrons. The molecule has 21 heavy (non-hydrogen) atoms. The first-order valence-corrected chi connectivity index (χ1v) is 8.32. The van der Waals surface area contributed by atoms with Crippen molar-refractivity contribution in [3.05, 3.63) is 53.6 Å². The average Bonchev–Trinajstić information content (AvgIpc) is 2.44. The van der Waals surface area contributed by atoms with Crippen LogP contribution in [-0.4, -0.2) is 13.5 Å². The van der Waals surface area contributed by atoms with Gasteiger partial charge in [-0.15, -0.1) is 0 Å². The maximum absolute atomic E-state index is 12.3. The number of benzene rings is 2. The smallest absolute Gasteiger partial charge is 0.262 e. The number of aromatic hydroxyl groups is 1. The summed E-state index contributed by atoms with van der Waals surface area (Å²) in [5.74, 6) is -0.0909. The minimum Gasteiger partial charge on any atom is -0.506 e. The Bertz CT molecular complexity index is 722. The lowest BCUT2D eigenvalue weighted by Crippen LogP contribution is -2.13. The molecular formula is C16H19NO3S. The number of anilines is 1. The standard InChI is InChI=1S/C16H19NO3S/c1-3-4-13-6-8-14(9-7-13)21(19,20)17-15-11-12(2)5-10-16(15)18/h5-11,17-18H,3-4H2,1-2H3. The highest BCUT2D eigenvalue weighted by molar-refractivity contribution is 7.92. The van der Waals surface area contributed by atoms with Gasteiger partial charge >= 0.3 is 0 Å². The molecule has 2 aromatic rings. The number of phenols is 1. The predicted octanol–water partition coefficient (Wildman–Crippen LogP) is 3.45. The van der Waals surface area contributed by atoms with E-state index in [0.717, 1.165) is 24.0 Å². The van der Waals surface area contributed by atoms with Crippen LogP contribution in [0.4, 0.5) is 5.69 Å². The molecule has 0 saturated carbocycles. The summed E-state index contributed by atoms with van der Waals surface area (Å²) in [6.07, 6.45) is 1.94. The van der Waals surface area contributed by atoms with Crippen molar-refractivity contribution < 1.29 is 13.5 Å². The van der Waals surface area contributed by atoms with E-state index < -0.39 is 10.0 Å². The Morgan fingerprint density at radius 1 is 1.10 bits per heavy atom. The van der Waals surface area contributed by atoms with E-state index in [1.54, 1.807) is 24.3 Å². The fourth-order valence-corrected chi connectivity index (χ4v) is 3.12. The topological polar surface area (TPSA) is 66.4 Å². The van der Waals surface area contributed by atoms with E-state index in [1.807, 2.05) is 19.1 Å². The SMILES string of the molecule is CCCc1ccc(S(=O)(=O)Nc2cc(C)ccc2O)cc1. The van der Waals surface area contributed by atoms with Gasteiger partial charge in [-0.1, -0.05) is 31.5 Å². The van der Waals surface area contributed by atoms with Gasteiger partial charge in [-0.25, -0.2) is 8.42 Å². The van der Waals surface area contributed by atoms with Crippen molar-refractivity contribution in [1.29, 1.82) is 0 Å². The molecule has 0 fully saturated rings. The third-order valence-corrected chi connectivity index (χ3v) is 4.55. The number of nitrogens with one attached hydrogen (secondary N) is 1. The fourth-order valence-electron chi connectivity index (χ4n) is 2.06. The molecule has 0 amide bonds. The third-order valence-electron chi connectivity index (χ3n) is 3.17. The molecule has 2 rings (SSSR count). The van der Waals surface area contributed by atoms with Crippen LogP contribution < -0.4 is 4.72 Å². The highest BCUT2D eigenvalue weighted by atomic mass is 32.2. The van der Waals surface area contributed by atoms with Crippen LogP contribution in [0.15, 0.2) is 47.4 Å². The normalized spacial score (nSPS) is 11.3. The van der Waals surface area contributed by atoms with E-state index in [2.05, 4.69) is 11.6 Å². The van der Waals surface area contributed by atoms with Gasteiger partial charge in [-0.2, -0.15) is 0 Å². The van der Waals surface area contributed by atoms with E-state index in [-0.39, 0.29) is 16.3 Å². The van der Waals surface area contributed by atoms with Gasteiger partial charge in [0.1, 0.15) is 5.75 Å². The van der Waals surface area contributed by atoms with E-state index in [0.29, 0.717) is 0 Å². The second-order valence-electron chi connectivity index (χ2n) is 5.02. The fraction of sp³-hybridized carbons (Fsp3) is 0.250. The first-order chi connectivity index (χ1) is 9.92. The molecule has 5 heteroatoms. The molecular weight excluding hydrogens is 286 g/mol. The quantitative estimate of drug-likeness (QED) is 0.831. The molecule has 0 spiro atoms. The zero-order chi connectivity index (χ0) is 15.5. The summed E-state index contributed by atoms with van der Waals surface area (Å²) < 4.78 is 27.0. The van der Waals surface area contributed by atoms with Gasteiger partial charge < -0.3 is 5.11 Å². The second kappa shape index (κ2) is 6.18. The molecule has 0 unspecified atom stereocenters. The molecule has 0 aliphatic rings. The Balaban J connectivity index is 2.27. The largest absolute Gasteiger partial charge is 0.506 e. The molecule has 0 atom stereocenters. The lowest BCUT2D eigenvalue weighted by Gasteiger charge is -2.11. The van der Waals surface area contributed by atoms with Crippen LogP contribution in [0, 0.1) is 6.92 Å². The maximum atomic E-state index is 12.3. The number of phenolic OH excluding ortho intramolecular Hbond substituents is 1. The summed E-state index contributed by atoms with van der Waals surface area (Å²) in [5.41, 5.74) is 2.16. The highest BCUT2D eigenvalue weighted by Gasteiger charge is 2.16.